The largest absolute Gasteiger partial charge is 0.503 e. The fourth-order valence-electron chi connectivity index (χ4n) is 3.07. The average molecular weight is 342 g/mol. The van der Waals surface area contributed by atoms with Crippen LogP contribution in [0, 0.1) is 0 Å². The molecule has 2 unspecified atom stereocenters. The van der Waals surface area contributed by atoms with Gasteiger partial charge in [0.1, 0.15) is 0 Å². The predicted molar refractivity (Wildman–Crippen MR) is 94.6 cm³/mol. The second-order valence-electron chi connectivity index (χ2n) is 6.41. The van der Waals surface area contributed by atoms with Crippen molar-refractivity contribution in [3.8, 4) is 11.5 Å². The predicted octanol–water partition coefficient (Wildman–Crippen LogP) is 2.34. The third kappa shape index (κ3) is 4.73. The molecule has 0 amide bonds. The summed E-state index contributed by atoms with van der Waals surface area (Å²) in [5.41, 5.74) is 1.08. The molecule has 0 bridgehead atoms. The van der Waals surface area contributed by atoms with Crippen molar-refractivity contribution in [2.45, 2.75) is 25.9 Å². The van der Waals surface area contributed by atoms with Crippen LogP contribution in [0.3, 0.4) is 0 Å². The summed E-state index contributed by atoms with van der Waals surface area (Å²) in [4.78, 5) is 4.65. The molecule has 2 rings (SSSR count). The molecule has 0 aromatic heterocycles. The molecule has 2 atom stereocenters. The highest BCUT2D eigenvalue weighted by Crippen LogP contribution is 2.38. The molecule has 1 aromatic carbocycles. The normalized spacial score (nSPS) is 20.7. The fraction of sp³-hybridized carbons (Fsp3) is 0.647. The summed E-state index contributed by atoms with van der Waals surface area (Å²) in [5, 5.41) is 13.9. The maximum absolute atomic E-state index is 10.1. The summed E-state index contributed by atoms with van der Waals surface area (Å²) in [6.07, 6.45) is 0. The highest BCUT2D eigenvalue weighted by molar-refractivity contribution is 6.32. The first-order chi connectivity index (χ1) is 10.9. The van der Waals surface area contributed by atoms with Crippen LogP contribution in [-0.2, 0) is 0 Å². The Labute approximate surface area is 144 Å². The van der Waals surface area contributed by atoms with Gasteiger partial charge < -0.3 is 20.1 Å². The van der Waals surface area contributed by atoms with E-state index in [2.05, 4.69) is 36.1 Å². The minimum atomic E-state index is 0.0227. The van der Waals surface area contributed by atoms with E-state index >= 15 is 0 Å². The number of piperazine rings is 1. The molecule has 5 nitrogen and oxygen atoms in total. The third-order valence-corrected chi connectivity index (χ3v) is 4.40. The zero-order valence-electron chi connectivity index (χ0n) is 14.5. The molecule has 1 heterocycles. The summed E-state index contributed by atoms with van der Waals surface area (Å²) >= 11 is 6.23. The van der Waals surface area contributed by atoms with Gasteiger partial charge in [0, 0.05) is 38.3 Å². The second-order valence-corrected chi connectivity index (χ2v) is 6.82. The number of phenols is 1. The van der Waals surface area contributed by atoms with Gasteiger partial charge in [-0.25, -0.2) is 0 Å². The molecule has 130 valence electrons. The molecule has 0 saturated carbocycles. The van der Waals surface area contributed by atoms with Gasteiger partial charge in [-0.3, -0.25) is 4.90 Å². The van der Waals surface area contributed by atoms with Gasteiger partial charge >= 0.3 is 0 Å². The number of nitrogens with one attached hydrogen (secondary N) is 1. The van der Waals surface area contributed by atoms with E-state index in [0.29, 0.717) is 23.4 Å². The van der Waals surface area contributed by atoms with Crippen molar-refractivity contribution in [1.29, 1.82) is 0 Å². The monoisotopic (exact) mass is 341 g/mol. The molecule has 0 spiro atoms. The van der Waals surface area contributed by atoms with Gasteiger partial charge in [0.15, 0.2) is 11.5 Å². The van der Waals surface area contributed by atoms with Crippen molar-refractivity contribution in [3.05, 3.63) is 22.7 Å². The maximum Gasteiger partial charge on any atom is 0.176 e. The summed E-state index contributed by atoms with van der Waals surface area (Å²) in [6, 6.07) is 4.46. The van der Waals surface area contributed by atoms with Crippen molar-refractivity contribution in [3.63, 3.8) is 0 Å². The number of benzene rings is 1. The molecule has 1 saturated heterocycles. The topological polar surface area (TPSA) is 48.0 Å². The summed E-state index contributed by atoms with van der Waals surface area (Å²) in [5.74, 6) is 0.483. The highest BCUT2D eigenvalue weighted by Gasteiger charge is 2.27. The van der Waals surface area contributed by atoms with E-state index in [1.165, 1.54) is 0 Å². The van der Waals surface area contributed by atoms with Crippen LogP contribution in [0.25, 0.3) is 0 Å². The van der Waals surface area contributed by atoms with Gasteiger partial charge in [-0.15, -0.1) is 0 Å². The van der Waals surface area contributed by atoms with Crippen molar-refractivity contribution in [2.24, 2.45) is 0 Å². The molecule has 1 fully saturated rings. The van der Waals surface area contributed by atoms with Crippen LogP contribution in [-0.4, -0.2) is 67.8 Å². The first-order valence-electron chi connectivity index (χ1n) is 8.19. The highest BCUT2D eigenvalue weighted by atomic mass is 35.5. The Morgan fingerprint density at radius 1 is 1.48 bits per heavy atom. The molecule has 6 heteroatoms. The average Bonchev–Trinajstić information content (AvgIpc) is 2.49. The van der Waals surface area contributed by atoms with Crippen molar-refractivity contribution in [2.75, 3.05) is 46.9 Å². The SMILES string of the molecule is CCOc1cc(C(CN(C)C)N2CCNC(C)C2)cc(Cl)c1O. The zero-order valence-corrected chi connectivity index (χ0v) is 15.2. The molecule has 1 aliphatic rings. The molecule has 0 aliphatic carbocycles. The molecule has 23 heavy (non-hydrogen) atoms. The first kappa shape index (κ1) is 18.3. The minimum Gasteiger partial charge on any atom is -0.503 e. The van der Waals surface area contributed by atoms with Crippen LogP contribution >= 0.6 is 11.6 Å². The van der Waals surface area contributed by atoms with Crippen LogP contribution in [0.2, 0.25) is 5.02 Å². The second kappa shape index (κ2) is 8.20. The number of likely N-dealkylation sites (N-methyl/N-ethyl adjacent to an activating group) is 1. The lowest BCUT2D eigenvalue weighted by molar-refractivity contribution is 0.125. The van der Waals surface area contributed by atoms with E-state index in [9.17, 15) is 5.11 Å². The standard InChI is InChI=1S/C17H28ClN3O2/c1-5-23-16-9-13(8-14(18)17(16)22)15(11-20(3)4)21-7-6-19-12(2)10-21/h8-9,12,15,19,22H,5-7,10-11H2,1-4H3. The van der Waals surface area contributed by atoms with E-state index in [-0.39, 0.29) is 11.8 Å². The number of hydrogen-bond acceptors (Lipinski definition) is 5. The summed E-state index contributed by atoms with van der Waals surface area (Å²) in [7, 11) is 4.15. The Hall–Kier alpha value is -1.01. The summed E-state index contributed by atoms with van der Waals surface area (Å²) in [6.45, 7) is 8.45. The number of aromatic hydroxyl groups is 1. The van der Waals surface area contributed by atoms with Crippen LogP contribution < -0.4 is 10.1 Å². The molecular formula is C17H28ClN3O2. The van der Waals surface area contributed by atoms with E-state index in [1.54, 1.807) is 0 Å². The van der Waals surface area contributed by atoms with Crippen LogP contribution in [0.4, 0.5) is 0 Å². The maximum atomic E-state index is 10.1. The van der Waals surface area contributed by atoms with Gasteiger partial charge in [-0.1, -0.05) is 11.6 Å². The minimum absolute atomic E-state index is 0.0227. The number of halogens is 1. The van der Waals surface area contributed by atoms with Crippen LogP contribution in [0.1, 0.15) is 25.5 Å². The van der Waals surface area contributed by atoms with Crippen LogP contribution in [0.15, 0.2) is 12.1 Å². The Balaban J connectivity index is 2.34. The Kier molecular flexibility index (Phi) is 6.53. The van der Waals surface area contributed by atoms with Gasteiger partial charge in [-0.05, 0) is 45.6 Å². The lowest BCUT2D eigenvalue weighted by Crippen LogP contribution is -2.51. The van der Waals surface area contributed by atoms with E-state index in [0.717, 1.165) is 31.7 Å². The quantitative estimate of drug-likeness (QED) is 0.831. The fourth-order valence-corrected chi connectivity index (χ4v) is 3.29. The lowest BCUT2D eigenvalue weighted by atomic mass is 10.0. The Morgan fingerprint density at radius 3 is 2.83 bits per heavy atom. The molecule has 1 aromatic rings. The van der Waals surface area contributed by atoms with E-state index in [4.69, 9.17) is 16.3 Å². The van der Waals surface area contributed by atoms with E-state index < -0.39 is 0 Å². The third-order valence-electron chi connectivity index (χ3n) is 4.11. The molecule has 1 aliphatic heterocycles. The van der Waals surface area contributed by atoms with E-state index in [1.807, 2.05) is 19.1 Å². The van der Waals surface area contributed by atoms with Crippen molar-refractivity contribution < 1.29 is 9.84 Å². The lowest BCUT2D eigenvalue weighted by Gasteiger charge is -2.39. The Morgan fingerprint density at radius 2 is 2.22 bits per heavy atom. The van der Waals surface area contributed by atoms with Gasteiger partial charge in [0.25, 0.3) is 0 Å². The van der Waals surface area contributed by atoms with Gasteiger partial charge in [-0.2, -0.15) is 0 Å². The smallest absolute Gasteiger partial charge is 0.176 e. The van der Waals surface area contributed by atoms with Gasteiger partial charge in [0.2, 0.25) is 0 Å². The van der Waals surface area contributed by atoms with Crippen molar-refractivity contribution >= 4 is 11.6 Å². The zero-order chi connectivity index (χ0) is 17.0. The van der Waals surface area contributed by atoms with Crippen LogP contribution in [0.5, 0.6) is 11.5 Å². The summed E-state index contributed by atoms with van der Waals surface area (Å²) < 4.78 is 5.54. The molecular weight excluding hydrogens is 314 g/mol. The number of phenolic OH excluding ortho intramolecular Hbond substituents is 1. The van der Waals surface area contributed by atoms with Crippen molar-refractivity contribution in [1.82, 2.24) is 15.1 Å². The molecule has 0 radical (unpaired) electrons. The number of ether oxygens (including phenoxy) is 1. The number of hydrogen-bond donors (Lipinski definition) is 2. The number of rotatable bonds is 6. The molecule has 2 N–H and O–H groups in total. The Bertz CT molecular complexity index is 525. The first-order valence-corrected chi connectivity index (χ1v) is 8.57. The number of nitrogens with zero attached hydrogens (tertiary/aromatic N) is 2. The van der Waals surface area contributed by atoms with Gasteiger partial charge in [0.05, 0.1) is 11.6 Å².